The van der Waals surface area contributed by atoms with Crippen LogP contribution in [-0.2, 0) is 19.4 Å². The van der Waals surface area contributed by atoms with Crippen molar-refractivity contribution in [2.45, 2.75) is 37.4 Å². The topological polar surface area (TPSA) is 52.2 Å². The molecule has 142 valence electrons. The van der Waals surface area contributed by atoms with Gasteiger partial charge in [-0.3, -0.25) is 9.36 Å². The van der Waals surface area contributed by atoms with Gasteiger partial charge in [0, 0.05) is 10.6 Å². The van der Waals surface area contributed by atoms with Gasteiger partial charge in [-0.15, -0.1) is 28.1 Å². The van der Waals surface area contributed by atoms with Gasteiger partial charge in [-0.05, 0) is 36.8 Å². The second-order valence-corrected chi connectivity index (χ2v) is 9.06. The summed E-state index contributed by atoms with van der Waals surface area (Å²) in [5.41, 5.74) is 2.38. The number of fused-ring (bicyclic) bond motifs is 5. The highest BCUT2D eigenvalue weighted by atomic mass is 32.2. The van der Waals surface area contributed by atoms with E-state index in [9.17, 15) is 4.79 Å². The van der Waals surface area contributed by atoms with Crippen LogP contribution in [0.25, 0.3) is 16.0 Å². The molecule has 1 aliphatic carbocycles. The van der Waals surface area contributed by atoms with Crippen LogP contribution in [0.2, 0.25) is 0 Å². The van der Waals surface area contributed by atoms with E-state index < -0.39 is 0 Å². The molecular weight excluding hydrogens is 388 g/mol. The van der Waals surface area contributed by atoms with Crippen LogP contribution in [0.15, 0.2) is 52.9 Å². The minimum atomic E-state index is 0.0541. The van der Waals surface area contributed by atoms with Crippen LogP contribution in [0.3, 0.4) is 0 Å². The van der Waals surface area contributed by atoms with Gasteiger partial charge in [-0.25, -0.2) is 4.40 Å². The number of thioether (sulfide) groups is 1. The Morgan fingerprint density at radius 3 is 2.82 bits per heavy atom. The monoisotopic (exact) mass is 408 g/mol. The summed E-state index contributed by atoms with van der Waals surface area (Å²) in [6.45, 7) is 4.31. The van der Waals surface area contributed by atoms with E-state index in [1.807, 2.05) is 36.4 Å². The average Bonchev–Trinajstić information content (AvgIpc) is 3.31. The smallest absolute Gasteiger partial charge is 0.264 e. The van der Waals surface area contributed by atoms with Crippen LogP contribution in [0.1, 0.15) is 28.8 Å². The third-order valence-electron chi connectivity index (χ3n) is 5.19. The van der Waals surface area contributed by atoms with Crippen molar-refractivity contribution in [1.29, 1.82) is 0 Å². The summed E-state index contributed by atoms with van der Waals surface area (Å²) in [6, 6.07) is 10.1. The zero-order valence-corrected chi connectivity index (χ0v) is 17.1. The number of nitrogens with zero attached hydrogens (tertiary/aromatic N) is 4. The normalized spacial score (nSPS) is 13.9. The van der Waals surface area contributed by atoms with E-state index in [1.165, 1.54) is 16.9 Å². The van der Waals surface area contributed by atoms with Crippen LogP contribution in [0.5, 0.6) is 0 Å². The number of benzene rings is 1. The molecule has 1 aliphatic rings. The van der Waals surface area contributed by atoms with Gasteiger partial charge in [0.2, 0.25) is 5.78 Å². The van der Waals surface area contributed by atoms with E-state index in [4.69, 9.17) is 0 Å². The molecule has 1 aromatic carbocycles. The van der Waals surface area contributed by atoms with Gasteiger partial charge < -0.3 is 0 Å². The molecule has 0 saturated heterocycles. The van der Waals surface area contributed by atoms with Crippen LogP contribution >= 0.6 is 23.1 Å². The first kappa shape index (κ1) is 17.7. The molecule has 0 fully saturated rings. The SMILES string of the molecule is C=CCSc1nnc2n(Cc3ccccc3)c(=O)c3c4c(sc3n12)CCCC4. The predicted molar refractivity (Wildman–Crippen MR) is 116 cm³/mol. The van der Waals surface area contributed by atoms with Gasteiger partial charge in [0.15, 0.2) is 5.16 Å². The maximum Gasteiger partial charge on any atom is 0.264 e. The number of thiophene rings is 1. The van der Waals surface area contributed by atoms with Crippen molar-refractivity contribution >= 4 is 39.1 Å². The Bertz CT molecular complexity index is 1240. The minimum Gasteiger partial charge on any atom is -0.272 e. The van der Waals surface area contributed by atoms with E-state index in [0.29, 0.717) is 12.3 Å². The van der Waals surface area contributed by atoms with Crippen molar-refractivity contribution in [3.05, 3.63) is 69.3 Å². The minimum absolute atomic E-state index is 0.0541. The zero-order chi connectivity index (χ0) is 19.1. The van der Waals surface area contributed by atoms with Crippen molar-refractivity contribution in [2.24, 2.45) is 0 Å². The lowest BCUT2D eigenvalue weighted by Crippen LogP contribution is -2.24. The third-order valence-corrected chi connectivity index (χ3v) is 7.39. The van der Waals surface area contributed by atoms with E-state index >= 15 is 0 Å². The van der Waals surface area contributed by atoms with E-state index in [-0.39, 0.29) is 5.56 Å². The van der Waals surface area contributed by atoms with Crippen molar-refractivity contribution in [3.63, 3.8) is 0 Å². The van der Waals surface area contributed by atoms with Gasteiger partial charge in [-0.1, -0.05) is 48.2 Å². The predicted octanol–water partition coefficient (Wildman–Crippen LogP) is 4.31. The molecule has 3 heterocycles. The molecule has 0 amide bonds. The first-order valence-corrected chi connectivity index (χ1v) is 11.3. The maximum atomic E-state index is 13.6. The van der Waals surface area contributed by atoms with Crippen LogP contribution in [0, 0.1) is 0 Å². The number of hydrogen-bond acceptors (Lipinski definition) is 5. The summed E-state index contributed by atoms with van der Waals surface area (Å²) in [7, 11) is 0. The summed E-state index contributed by atoms with van der Waals surface area (Å²) in [6.07, 6.45) is 6.25. The highest BCUT2D eigenvalue weighted by Gasteiger charge is 2.24. The van der Waals surface area contributed by atoms with E-state index in [0.717, 1.165) is 46.0 Å². The van der Waals surface area contributed by atoms with Crippen molar-refractivity contribution in [2.75, 3.05) is 5.75 Å². The maximum absolute atomic E-state index is 13.6. The first-order valence-electron chi connectivity index (χ1n) is 9.47. The Balaban J connectivity index is 1.82. The molecule has 0 unspecified atom stereocenters. The largest absolute Gasteiger partial charge is 0.272 e. The molecule has 4 aromatic rings. The number of rotatable bonds is 5. The molecule has 0 bridgehead atoms. The van der Waals surface area contributed by atoms with E-state index in [1.54, 1.807) is 27.7 Å². The molecule has 0 saturated carbocycles. The number of aryl methyl sites for hydroxylation is 2. The highest BCUT2D eigenvalue weighted by molar-refractivity contribution is 7.99. The zero-order valence-electron chi connectivity index (χ0n) is 15.4. The molecule has 0 aliphatic heterocycles. The Morgan fingerprint density at radius 2 is 2.00 bits per heavy atom. The van der Waals surface area contributed by atoms with Gasteiger partial charge in [0.25, 0.3) is 5.56 Å². The van der Waals surface area contributed by atoms with Gasteiger partial charge in [-0.2, -0.15) is 0 Å². The highest BCUT2D eigenvalue weighted by Crippen LogP contribution is 2.36. The van der Waals surface area contributed by atoms with Crippen molar-refractivity contribution in [3.8, 4) is 0 Å². The fraction of sp³-hybridized carbons (Fsp3) is 0.286. The fourth-order valence-electron chi connectivity index (χ4n) is 3.91. The lowest BCUT2D eigenvalue weighted by molar-refractivity contribution is 0.698. The lowest BCUT2D eigenvalue weighted by Gasteiger charge is -2.12. The molecule has 3 aromatic heterocycles. The average molecular weight is 409 g/mol. The Morgan fingerprint density at radius 1 is 1.18 bits per heavy atom. The van der Waals surface area contributed by atoms with Crippen LogP contribution in [-0.4, -0.2) is 24.9 Å². The summed E-state index contributed by atoms with van der Waals surface area (Å²) in [5, 5.41) is 10.5. The quantitative estimate of drug-likeness (QED) is 0.365. The van der Waals surface area contributed by atoms with Crippen LogP contribution < -0.4 is 5.56 Å². The third kappa shape index (κ3) is 2.81. The van der Waals surface area contributed by atoms with Crippen molar-refractivity contribution in [1.82, 2.24) is 19.2 Å². The molecule has 0 radical (unpaired) electrons. The Hall–Kier alpha value is -2.38. The summed E-state index contributed by atoms with van der Waals surface area (Å²) in [5.74, 6) is 1.37. The van der Waals surface area contributed by atoms with Gasteiger partial charge in [0.05, 0.1) is 11.9 Å². The molecule has 5 nitrogen and oxygen atoms in total. The van der Waals surface area contributed by atoms with Crippen LogP contribution in [0.4, 0.5) is 0 Å². The van der Waals surface area contributed by atoms with E-state index in [2.05, 4.69) is 21.2 Å². The molecule has 0 atom stereocenters. The Labute approximate surface area is 170 Å². The lowest BCUT2D eigenvalue weighted by atomic mass is 9.97. The molecule has 7 heteroatoms. The second kappa shape index (κ2) is 7.22. The second-order valence-electron chi connectivity index (χ2n) is 6.99. The summed E-state index contributed by atoms with van der Waals surface area (Å²) < 4.78 is 3.86. The number of aromatic nitrogens is 4. The Kier molecular flexibility index (Phi) is 4.56. The number of hydrogen-bond donors (Lipinski definition) is 0. The van der Waals surface area contributed by atoms with Crippen molar-refractivity contribution < 1.29 is 0 Å². The standard InChI is InChI=1S/C21H20N4OS2/c1-2-12-27-21-23-22-20-24(13-14-8-4-3-5-9-14)18(26)17-15-10-6-7-11-16(15)28-19(17)25(20)21/h2-5,8-9H,1,6-7,10-13H2. The fourth-order valence-corrected chi connectivity index (χ4v) is 6.01. The summed E-state index contributed by atoms with van der Waals surface area (Å²) in [4.78, 5) is 15.9. The van der Waals surface area contributed by atoms with Gasteiger partial charge in [0.1, 0.15) is 4.83 Å². The molecule has 5 rings (SSSR count). The molecule has 0 spiro atoms. The first-order chi connectivity index (χ1) is 13.8. The van der Waals surface area contributed by atoms with Gasteiger partial charge >= 0.3 is 0 Å². The molecular formula is C21H20N4OS2. The molecule has 28 heavy (non-hydrogen) atoms. The molecule has 0 N–H and O–H groups in total. The summed E-state index contributed by atoms with van der Waals surface area (Å²) >= 11 is 3.34.